The predicted molar refractivity (Wildman–Crippen MR) is 155 cm³/mol. The Balaban J connectivity index is 1.60. The molecule has 0 unspecified atom stereocenters. The third-order valence-electron chi connectivity index (χ3n) is 7.25. The molecule has 10 heteroatoms. The van der Waals surface area contributed by atoms with Crippen LogP contribution in [0.4, 0.5) is 5.82 Å². The number of likely N-dealkylation sites (N-methyl/N-ethyl adjacent to an activating group) is 1. The van der Waals surface area contributed by atoms with E-state index in [0.29, 0.717) is 30.4 Å². The van der Waals surface area contributed by atoms with Crippen molar-refractivity contribution in [1.82, 2.24) is 39.7 Å². The predicted octanol–water partition coefficient (Wildman–Crippen LogP) is 3.86. The Hall–Kier alpha value is -4.31. The topological polar surface area (TPSA) is 120 Å². The summed E-state index contributed by atoms with van der Waals surface area (Å²) in [5.41, 5.74) is 13.3. The summed E-state index contributed by atoms with van der Waals surface area (Å²) in [6.45, 7) is 10.8. The van der Waals surface area contributed by atoms with E-state index >= 15 is 0 Å². The van der Waals surface area contributed by atoms with Gasteiger partial charge in [0.1, 0.15) is 5.69 Å². The molecule has 0 aliphatic rings. The number of benzene rings is 2. The van der Waals surface area contributed by atoms with Crippen molar-refractivity contribution in [3.05, 3.63) is 64.6 Å². The fraction of sp³-hybridized carbons (Fsp3) is 0.345. The zero-order valence-electron chi connectivity index (χ0n) is 23.4. The van der Waals surface area contributed by atoms with Crippen molar-refractivity contribution < 1.29 is 4.79 Å². The quantitative estimate of drug-likeness (QED) is 0.316. The molecule has 1 amide bonds. The average Bonchev–Trinajstić information content (AvgIpc) is 3.43. The summed E-state index contributed by atoms with van der Waals surface area (Å²) in [6, 6.07) is 9.97. The number of aromatic nitrogens is 6. The van der Waals surface area contributed by atoms with E-state index in [2.05, 4.69) is 28.5 Å². The van der Waals surface area contributed by atoms with E-state index in [1.54, 1.807) is 11.9 Å². The van der Waals surface area contributed by atoms with Gasteiger partial charge in [0.2, 0.25) is 0 Å². The van der Waals surface area contributed by atoms with E-state index < -0.39 is 0 Å². The second-order valence-electron chi connectivity index (χ2n) is 10.0. The molecule has 3 N–H and O–H groups in total. The highest BCUT2D eigenvalue weighted by Gasteiger charge is 2.22. The van der Waals surface area contributed by atoms with Gasteiger partial charge in [-0.15, -0.1) is 0 Å². The van der Waals surface area contributed by atoms with Crippen molar-refractivity contribution in [2.24, 2.45) is 0 Å². The molecule has 202 valence electrons. The highest BCUT2D eigenvalue weighted by Crippen LogP contribution is 2.31. The van der Waals surface area contributed by atoms with Crippen LogP contribution in [-0.4, -0.2) is 61.0 Å². The summed E-state index contributed by atoms with van der Waals surface area (Å²) < 4.78 is 3.84. The Kier molecular flexibility index (Phi) is 7.05. The lowest BCUT2D eigenvalue weighted by Gasteiger charge is -2.18. The maximum atomic E-state index is 13.9. The first-order chi connectivity index (χ1) is 18.7. The van der Waals surface area contributed by atoms with Crippen LogP contribution in [0.25, 0.3) is 33.2 Å². The lowest BCUT2D eigenvalue weighted by Crippen LogP contribution is -2.28. The summed E-state index contributed by atoms with van der Waals surface area (Å²) in [5, 5.41) is 13.7. The SMILES string of the molecule is CCn1ncc(CN(C)C(=O)c2nc(-c3cc4c(N)nn(CCNC)c4cc3C)nc3ccc(C)cc23)c1C. The number of nitrogen functional groups attached to an aromatic ring is 1. The summed E-state index contributed by atoms with van der Waals surface area (Å²) in [5.74, 6) is 0.772. The number of fused-ring (bicyclic) bond motifs is 2. The van der Waals surface area contributed by atoms with E-state index in [-0.39, 0.29) is 5.91 Å². The number of amides is 1. The highest BCUT2D eigenvalue weighted by molar-refractivity contribution is 6.05. The van der Waals surface area contributed by atoms with Crippen molar-refractivity contribution in [3.8, 4) is 11.4 Å². The summed E-state index contributed by atoms with van der Waals surface area (Å²) in [7, 11) is 3.71. The number of nitrogens with zero attached hydrogens (tertiary/aromatic N) is 7. The third kappa shape index (κ3) is 4.83. The first kappa shape index (κ1) is 26.3. The zero-order chi connectivity index (χ0) is 27.8. The molecule has 0 atom stereocenters. The molecule has 0 saturated carbocycles. The molecule has 0 aliphatic heterocycles. The minimum atomic E-state index is -0.170. The lowest BCUT2D eigenvalue weighted by molar-refractivity contribution is 0.0781. The van der Waals surface area contributed by atoms with Gasteiger partial charge in [0, 0.05) is 54.3 Å². The maximum absolute atomic E-state index is 13.9. The molecule has 2 aromatic carbocycles. The fourth-order valence-electron chi connectivity index (χ4n) is 4.97. The molecule has 3 heterocycles. The molecule has 0 radical (unpaired) electrons. The van der Waals surface area contributed by atoms with E-state index in [4.69, 9.17) is 15.7 Å². The smallest absolute Gasteiger partial charge is 0.273 e. The monoisotopic (exact) mass is 525 g/mol. The Morgan fingerprint density at radius 2 is 1.87 bits per heavy atom. The largest absolute Gasteiger partial charge is 0.382 e. The van der Waals surface area contributed by atoms with E-state index in [0.717, 1.165) is 62.8 Å². The Morgan fingerprint density at radius 1 is 1.08 bits per heavy atom. The molecule has 5 rings (SSSR count). The second-order valence-corrected chi connectivity index (χ2v) is 10.0. The highest BCUT2D eigenvalue weighted by atomic mass is 16.2. The van der Waals surface area contributed by atoms with Crippen molar-refractivity contribution in [3.63, 3.8) is 0 Å². The van der Waals surface area contributed by atoms with Gasteiger partial charge in [-0.1, -0.05) is 11.6 Å². The van der Waals surface area contributed by atoms with Crippen LogP contribution in [0, 0.1) is 20.8 Å². The van der Waals surface area contributed by atoms with E-state index in [1.165, 1.54) is 0 Å². The molecule has 10 nitrogen and oxygen atoms in total. The molecule has 3 aromatic heterocycles. The Bertz CT molecular complexity index is 1700. The molecule has 0 aliphatic carbocycles. The number of nitrogens with one attached hydrogen (secondary N) is 1. The van der Waals surface area contributed by atoms with Crippen LogP contribution in [0.1, 0.15) is 39.8 Å². The molecule has 39 heavy (non-hydrogen) atoms. The van der Waals surface area contributed by atoms with Gasteiger partial charge < -0.3 is 16.0 Å². The lowest BCUT2D eigenvalue weighted by atomic mass is 10.0. The normalized spacial score (nSPS) is 11.5. The number of carbonyl (C=O) groups excluding carboxylic acids is 1. The van der Waals surface area contributed by atoms with Crippen LogP contribution in [0.5, 0.6) is 0 Å². The van der Waals surface area contributed by atoms with Gasteiger partial charge >= 0.3 is 0 Å². The minimum Gasteiger partial charge on any atom is -0.382 e. The summed E-state index contributed by atoms with van der Waals surface area (Å²) in [4.78, 5) is 25.3. The number of hydrogen-bond donors (Lipinski definition) is 2. The van der Waals surface area contributed by atoms with E-state index in [9.17, 15) is 4.79 Å². The van der Waals surface area contributed by atoms with Crippen molar-refractivity contribution >= 4 is 33.5 Å². The van der Waals surface area contributed by atoms with Crippen molar-refractivity contribution in [1.29, 1.82) is 0 Å². The number of carbonyl (C=O) groups is 1. The first-order valence-corrected chi connectivity index (χ1v) is 13.2. The number of rotatable bonds is 8. The van der Waals surface area contributed by atoms with Gasteiger partial charge in [0.25, 0.3) is 5.91 Å². The molecule has 0 spiro atoms. The van der Waals surface area contributed by atoms with Crippen LogP contribution < -0.4 is 11.1 Å². The van der Waals surface area contributed by atoms with Crippen LogP contribution in [-0.2, 0) is 19.6 Å². The van der Waals surface area contributed by atoms with Gasteiger partial charge in [0.15, 0.2) is 11.6 Å². The maximum Gasteiger partial charge on any atom is 0.273 e. The molecule has 0 saturated heterocycles. The molecular formula is C29H35N9O. The molecular weight excluding hydrogens is 490 g/mol. The number of hydrogen-bond acceptors (Lipinski definition) is 7. The van der Waals surface area contributed by atoms with Crippen LogP contribution in [0.15, 0.2) is 36.5 Å². The standard InChI is InChI=1S/C29H35N9O/c1-7-37-19(4)20(15-32-37)16-36(6)29(39)26-22-12-17(2)8-9-24(22)33-28(34-26)21-14-23-25(13-18(21)3)38(11-10-31-5)35-27(23)30/h8-9,12-15,31H,7,10-11,16H2,1-6H3,(H2,30,35). The van der Waals surface area contributed by atoms with Gasteiger partial charge in [-0.3, -0.25) is 14.2 Å². The van der Waals surface area contributed by atoms with Gasteiger partial charge in [-0.2, -0.15) is 10.2 Å². The van der Waals surface area contributed by atoms with Crippen molar-refractivity contribution in [2.75, 3.05) is 26.4 Å². The van der Waals surface area contributed by atoms with E-state index in [1.807, 2.05) is 67.6 Å². The number of anilines is 1. The second kappa shape index (κ2) is 10.5. The fourth-order valence-corrected chi connectivity index (χ4v) is 4.97. The number of nitrogens with two attached hydrogens (primary N) is 1. The van der Waals surface area contributed by atoms with Crippen molar-refractivity contribution in [2.45, 2.75) is 47.3 Å². The van der Waals surface area contributed by atoms with Crippen LogP contribution in [0.2, 0.25) is 0 Å². The first-order valence-electron chi connectivity index (χ1n) is 13.2. The molecule has 0 fully saturated rings. The van der Waals surface area contributed by atoms with Crippen LogP contribution >= 0.6 is 0 Å². The molecule has 5 aromatic rings. The van der Waals surface area contributed by atoms with Gasteiger partial charge in [-0.25, -0.2) is 9.97 Å². The average molecular weight is 526 g/mol. The summed E-state index contributed by atoms with van der Waals surface area (Å²) >= 11 is 0. The van der Waals surface area contributed by atoms with Gasteiger partial charge in [0.05, 0.1) is 23.8 Å². The Morgan fingerprint density at radius 3 is 2.59 bits per heavy atom. The number of aryl methyl sites for hydroxylation is 3. The van der Waals surface area contributed by atoms with Crippen LogP contribution in [0.3, 0.4) is 0 Å². The Labute approximate surface area is 227 Å². The molecule has 0 bridgehead atoms. The third-order valence-corrected chi connectivity index (χ3v) is 7.25. The minimum absolute atomic E-state index is 0.170. The van der Waals surface area contributed by atoms with Gasteiger partial charge in [-0.05, 0) is 64.6 Å². The summed E-state index contributed by atoms with van der Waals surface area (Å²) in [6.07, 6.45) is 1.83. The zero-order valence-corrected chi connectivity index (χ0v) is 23.4.